The van der Waals surface area contributed by atoms with E-state index in [0.29, 0.717) is 21.2 Å². The summed E-state index contributed by atoms with van der Waals surface area (Å²) in [5, 5.41) is 20.0. The van der Waals surface area contributed by atoms with Gasteiger partial charge in [0.15, 0.2) is 0 Å². The second-order valence-electron chi connectivity index (χ2n) is 6.15. The van der Waals surface area contributed by atoms with Gasteiger partial charge < -0.3 is 10.2 Å². The Bertz CT molecular complexity index is 713. The van der Waals surface area contributed by atoms with Crippen LogP contribution in [0.1, 0.15) is 38.8 Å². The molecule has 2 rings (SSSR count). The minimum atomic E-state index is 0. The molecule has 2 aromatic carbocycles. The number of benzene rings is 2. The van der Waals surface area contributed by atoms with Gasteiger partial charge in [-0.15, -0.1) is 0 Å². The van der Waals surface area contributed by atoms with Crippen molar-refractivity contribution in [3.8, 4) is 11.5 Å². The Balaban J connectivity index is 0.000000483. The zero-order valence-corrected chi connectivity index (χ0v) is 18.2. The third kappa shape index (κ3) is 10.4. The molecule has 0 saturated heterocycles. The van der Waals surface area contributed by atoms with E-state index < -0.39 is 0 Å². The van der Waals surface area contributed by atoms with Crippen LogP contribution >= 0.6 is 23.2 Å². The summed E-state index contributed by atoms with van der Waals surface area (Å²) >= 11 is 11.5. The van der Waals surface area contributed by atoms with Gasteiger partial charge in [-0.3, -0.25) is 9.98 Å². The average Bonchev–Trinajstić information content (AvgIpc) is 2.57. The zero-order valence-electron chi connectivity index (χ0n) is 15.7. The SMILES string of the molecule is CC(C)N=Cc1cc(Cl)ccc1O.CC(C)N=Cc1cc(Cl)ccc1O.[Co]. The number of hydrogen-bond donors (Lipinski definition) is 2. The molecule has 4 nitrogen and oxygen atoms in total. The van der Waals surface area contributed by atoms with Gasteiger partial charge in [0.25, 0.3) is 0 Å². The van der Waals surface area contributed by atoms with Crippen molar-refractivity contribution in [3.05, 3.63) is 57.6 Å². The molecule has 0 bridgehead atoms. The van der Waals surface area contributed by atoms with Crippen LogP contribution in [0.5, 0.6) is 11.5 Å². The minimum absolute atomic E-state index is 0. The molecule has 149 valence electrons. The topological polar surface area (TPSA) is 65.2 Å². The number of aliphatic imine (C=N–C) groups is 2. The number of hydrogen-bond acceptors (Lipinski definition) is 4. The van der Waals surface area contributed by atoms with Crippen LogP contribution in [0.25, 0.3) is 0 Å². The minimum Gasteiger partial charge on any atom is -0.507 e. The molecule has 0 amide bonds. The maximum absolute atomic E-state index is 9.40. The molecule has 2 aromatic rings. The second kappa shape index (κ2) is 12.8. The largest absolute Gasteiger partial charge is 0.507 e. The Morgan fingerprint density at radius 1 is 0.741 bits per heavy atom. The van der Waals surface area contributed by atoms with E-state index in [4.69, 9.17) is 23.2 Å². The van der Waals surface area contributed by atoms with E-state index in [-0.39, 0.29) is 40.4 Å². The van der Waals surface area contributed by atoms with Gasteiger partial charge in [0.2, 0.25) is 0 Å². The predicted molar refractivity (Wildman–Crippen MR) is 112 cm³/mol. The van der Waals surface area contributed by atoms with E-state index >= 15 is 0 Å². The summed E-state index contributed by atoms with van der Waals surface area (Å²) in [7, 11) is 0. The molecule has 0 atom stereocenters. The molecular weight excluding hydrogens is 430 g/mol. The van der Waals surface area contributed by atoms with E-state index in [2.05, 4.69) is 9.98 Å². The van der Waals surface area contributed by atoms with Gasteiger partial charge in [0.1, 0.15) is 11.5 Å². The number of nitrogens with zero attached hydrogens (tertiary/aromatic N) is 2. The number of aromatic hydroxyl groups is 2. The van der Waals surface area contributed by atoms with Gasteiger partial charge in [-0.05, 0) is 64.1 Å². The molecule has 0 heterocycles. The van der Waals surface area contributed by atoms with Crippen molar-refractivity contribution in [1.82, 2.24) is 0 Å². The normalized spacial score (nSPS) is 11.0. The fourth-order valence-corrected chi connectivity index (χ4v) is 2.08. The standard InChI is InChI=1S/2C10H12ClNO.Co/c2*1-7(2)12-6-8-5-9(11)3-4-10(8)13;/h2*3-7,13H,1-2H3;. The third-order valence-corrected chi connectivity index (χ3v) is 3.47. The smallest absolute Gasteiger partial charge is 0.124 e. The Hall–Kier alpha value is -1.53. The number of rotatable bonds is 4. The summed E-state index contributed by atoms with van der Waals surface area (Å²) in [6.07, 6.45) is 3.26. The summed E-state index contributed by atoms with van der Waals surface area (Å²) in [4.78, 5) is 8.31. The van der Waals surface area contributed by atoms with Crippen LogP contribution in [-0.2, 0) is 16.8 Å². The molecule has 0 saturated carbocycles. The van der Waals surface area contributed by atoms with Crippen LogP contribution < -0.4 is 0 Å². The maximum atomic E-state index is 9.40. The van der Waals surface area contributed by atoms with Gasteiger partial charge >= 0.3 is 0 Å². The molecule has 0 spiro atoms. The fraction of sp³-hybridized carbons (Fsp3) is 0.300. The van der Waals surface area contributed by atoms with E-state index in [1.54, 1.807) is 48.8 Å². The van der Waals surface area contributed by atoms with Gasteiger partial charge in [0, 0.05) is 62.5 Å². The third-order valence-electron chi connectivity index (χ3n) is 3.00. The van der Waals surface area contributed by atoms with Crippen LogP contribution in [0.4, 0.5) is 0 Å². The van der Waals surface area contributed by atoms with Crippen LogP contribution in [0.2, 0.25) is 10.0 Å². The van der Waals surface area contributed by atoms with Gasteiger partial charge in [-0.1, -0.05) is 23.2 Å². The molecule has 0 aliphatic rings. The van der Waals surface area contributed by atoms with Crippen molar-refractivity contribution < 1.29 is 27.0 Å². The Labute approximate surface area is 181 Å². The molecule has 1 radical (unpaired) electrons. The van der Waals surface area contributed by atoms with Crippen LogP contribution in [0.15, 0.2) is 46.4 Å². The molecule has 0 aliphatic carbocycles. The summed E-state index contributed by atoms with van der Waals surface area (Å²) in [6, 6.07) is 10.2. The Kier molecular flexibility index (Phi) is 12.1. The van der Waals surface area contributed by atoms with Crippen LogP contribution in [0.3, 0.4) is 0 Å². The van der Waals surface area contributed by atoms with Gasteiger partial charge in [-0.25, -0.2) is 0 Å². The zero-order chi connectivity index (χ0) is 19.7. The summed E-state index contributed by atoms with van der Waals surface area (Å²) in [5.74, 6) is 0.405. The molecule has 0 aliphatic heterocycles. The van der Waals surface area contributed by atoms with Gasteiger partial charge in [-0.2, -0.15) is 0 Å². The first-order chi connectivity index (χ1) is 12.2. The first-order valence-electron chi connectivity index (χ1n) is 8.22. The quantitative estimate of drug-likeness (QED) is 0.579. The molecule has 2 N–H and O–H groups in total. The predicted octanol–water partition coefficient (Wildman–Crippen LogP) is 5.74. The van der Waals surface area contributed by atoms with Crippen molar-refractivity contribution in [2.75, 3.05) is 0 Å². The number of halogens is 2. The first kappa shape index (κ1) is 25.5. The van der Waals surface area contributed by atoms with Crippen molar-refractivity contribution in [1.29, 1.82) is 0 Å². The van der Waals surface area contributed by atoms with E-state index in [1.165, 1.54) is 0 Å². The van der Waals surface area contributed by atoms with E-state index in [0.717, 1.165) is 0 Å². The van der Waals surface area contributed by atoms with E-state index in [1.807, 2.05) is 27.7 Å². The summed E-state index contributed by atoms with van der Waals surface area (Å²) < 4.78 is 0. The molecule has 27 heavy (non-hydrogen) atoms. The molecule has 7 heteroatoms. The molecular formula is C20H24Cl2CoN2O2. The first-order valence-corrected chi connectivity index (χ1v) is 8.98. The monoisotopic (exact) mass is 453 g/mol. The summed E-state index contributed by atoms with van der Waals surface area (Å²) in [5.41, 5.74) is 1.31. The van der Waals surface area contributed by atoms with Gasteiger partial charge in [0.05, 0.1) is 0 Å². The summed E-state index contributed by atoms with van der Waals surface area (Å²) in [6.45, 7) is 7.88. The average molecular weight is 454 g/mol. The van der Waals surface area contributed by atoms with E-state index in [9.17, 15) is 10.2 Å². The molecule has 0 unspecified atom stereocenters. The maximum Gasteiger partial charge on any atom is 0.124 e. The Morgan fingerprint density at radius 3 is 1.37 bits per heavy atom. The van der Waals surface area contributed by atoms with Crippen molar-refractivity contribution in [2.24, 2.45) is 9.98 Å². The second-order valence-corrected chi connectivity index (χ2v) is 7.02. The molecule has 0 fully saturated rings. The molecule has 0 aromatic heterocycles. The van der Waals surface area contributed by atoms with Crippen molar-refractivity contribution >= 4 is 35.6 Å². The fourth-order valence-electron chi connectivity index (χ4n) is 1.72. The Morgan fingerprint density at radius 2 is 1.07 bits per heavy atom. The van der Waals surface area contributed by atoms with Crippen LogP contribution in [0, 0.1) is 0 Å². The number of phenolic OH excluding ortho intramolecular Hbond substituents is 2. The van der Waals surface area contributed by atoms with Crippen molar-refractivity contribution in [2.45, 2.75) is 39.8 Å². The number of phenols is 2. The van der Waals surface area contributed by atoms with Crippen molar-refractivity contribution in [3.63, 3.8) is 0 Å². The van der Waals surface area contributed by atoms with Crippen LogP contribution in [-0.4, -0.2) is 34.7 Å².